The Bertz CT molecular complexity index is 155. The summed E-state index contributed by atoms with van der Waals surface area (Å²) in [5, 5.41) is 32.5. The molecule has 8 heteroatoms. The molecular formula is C4H10Ca2O6. The number of hydrogen-bond donors (Lipinski definition) is 4. The zero-order chi connectivity index (χ0) is 8.31. The number of aliphatic hydroxyl groups is 2. The predicted octanol–water partition coefficient (Wildman–Crippen LogP) is -2.43. The van der Waals surface area contributed by atoms with Crippen LogP contribution in [0.4, 0.5) is 0 Å². The van der Waals surface area contributed by atoms with E-state index in [0.717, 1.165) is 0 Å². The summed E-state index contributed by atoms with van der Waals surface area (Å²) in [6.45, 7) is 0. The van der Waals surface area contributed by atoms with E-state index in [1.165, 1.54) is 0 Å². The molecule has 0 saturated heterocycles. The van der Waals surface area contributed by atoms with Crippen molar-refractivity contribution in [3.05, 3.63) is 0 Å². The van der Waals surface area contributed by atoms with Gasteiger partial charge in [-0.25, -0.2) is 9.59 Å². The van der Waals surface area contributed by atoms with Crippen molar-refractivity contribution < 1.29 is 35.7 Å². The molecule has 0 fully saturated rings. The van der Waals surface area contributed by atoms with E-state index in [0.29, 0.717) is 0 Å². The van der Waals surface area contributed by atoms with Crippen LogP contribution in [0.1, 0.15) is 5.71 Å². The normalized spacial score (nSPS) is 13.2. The second-order valence-electron chi connectivity index (χ2n) is 1.57. The van der Waals surface area contributed by atoms with E-state index >= 15 is 0 Å². The molecule has 0 radical (unpaired) electrons. The first kappa shape index (κ1) is 19.0. The van der Waals surface area contributed by atoms with Crippen molar-refractivity contribution in [3.63, 3.8) is 0 Å². The van der Waals surface area contributed by atoms with Gasteiger partial charge in [0.25, 0.3) is 0 Å². The molecule has 0 aromatic heterocycles. The van der Waals surface area contributed by atoms with Gasteiger partial charge in [0, 0.05) is 0 Å². The van der Waals surface area contributed by atoms with Crippen LogP contribution in [-0.4, -0.2) is 120 Å². The van der Waals surface area contributed by atoms with E-state index in [-0.39, 0.29) is 81.2 Å². The molecule has 66 valence electrons. The minimum atomic E-state index is -2.27. The van der Waals surface area contributed by atoms with Gasteiger partial charge in [0.05, 0.1) is 0 Å². The molecule has 6 nitrogen and oxygen atoms in total. The fourth-order valence-electron chi connectivity index (χ4n) is 0.270. The number of aliphatic hydroxyl groups excluding tert-OH is 2. The van der Waals surface area contributed by atoms with Crippen LogP contribution in [0.15, 0.2) is 0 Å². The van der Waals surface area contributed by atoms with Crippen LogP contribution < -0.4 is 0 Å². The molecule has 0 amide bonds. The monoisotopic (exact) mass is 234 g/mol. The third kappa shape index (κ3) is 6.85. The predicted molar refractivity (Wildman–Crippen MR) is 43.2 cm³/mol. The summed E-state index contributed by atoms with van der Waals surface area (Å²) in [5.41, 5.74) is 0. The van der Waals surface area contributed by atoms with Crippen LogP contribution in [0.2, 0.25) is 0 Å². The smallest absolute Gasteiger partial charge is 1.00 e. The summed E-state index contributed by atoms with van der Waals surface area (Å²) in [7, 11) is 0. The van der Waals surface area contributed by atoms with Gasteiger partial charge >= 0.3 is 87.4 Å². The maximum absolute atomic E-state index is 9.77. The third-order valence-electron chi connectivity index (χ3n) is 0.805. The van der Waals surface area contributed by atoms with E-state index in [2.05, 4.69) is 0 Å². The van der Waals surface area contributed by atoms with Gasteiger partial charge in [-0.1, -0.05) is 0 Å². The topological polar surface area (TPSA) is 115 Å². The molecule has 0 aliphatic rings. The molecule has 0 spiro atoms. The minimum absolute atomic E-state index is 0. The van der Waals surface area contributed by atoms with Gasteiger partial charge in [0.2, 0.25) is 0 Å². The number of carbonyl (C=O) groups is 2. The summed E-state index contributed by atoms with van der Waals surface area (Å²) in [5.74, 6) is -3.54. The first-order valence-corrected chi connectivity index (χ1v) is 2.28. The van der Waals surface area contributed by atoms with E-state index in [4.69, 9.17) is 20.4 Å². The van der Waals surface area contributed by atoms with Gasteiger partial charge in [-0.3, -0.25) is 0 Å². The van der Waals surface area contributed by atoms with Crippen LogP contribution in [0.5, 0.6) is 0 Å². The molecule has 0 aliphatic heterocycles. The van der Waals surface area contributed by atoms with Crippen LogP contribution in [0.25, 0.3) is 0 Å². The molecular weight excluding hydrogens is 224 g/mol. The Morgan fingerprint density at radius 2 is 1.08 bits per heavy atom. The number of rotatable bonds is 3. The van der Waals surface area contributed by atoms with Crippen molar-refractivity contribution in [3.8, 4) is 0 Å². The summed E-state index contributed by atoms with van der Waals surface area (Å²) >= 11 is 0. The van der Waals surface area contributed by atoms with Gasteiger partial charge in [-0.2, -0.15) is 0 Å². The first-order valence-electron chi connectivity index (χ1n) is 2.28. The fourth-order valence-corrected chi connectivity index (χ4v) is 0.270. The van der Waals surface area contributed by atoms with Crippen molar-refractivity contribution in [1.82, 2.24) is 0 Å². The SMILES string of the molecule is O=C(O)C(O)C(O)C(=O)O.[Ca+2].[Ca+2].[H-].[H-].[H-].[H-]. The summed E-state index contributed by atoms with van der Waals surface area (Å²) in [6, 6.07) is 0. The molecule has 2 atom stereocenters. The Hall–Kier alpha value is 1.38. The van der Waals surface area contributed by atoms with Gasteiger partial charge in [-0.15, -0.1) is 0 Å². The van der Waals surface area contributed by atoms with E-state index in [1.807, 2.05) is 0 Å². The maximum Gasteiger partial charge on any atom is 2.00 e. The van der Waals surface area contributed by atoms with Gasteiger partial charge in [0.15, 0.2) is 12.2 Å². The van der Waals surface area contributed by atoms with E-state index < -0.39 is 24.1 Å². The Kier molecular flexibility index (Phi) is 14.2. The molecule has 0 aliphatic carbocycles. The van der Waals surface area contributed by atoms with Crippen LogP contribution >= 0.6 is 0 Å². The van der Waals surface area contributed by atoms with E-state index in [1.54, 1.807) is 0 Å². The fraction of sp³-hybridized carbons (Fsp3) is 0.500. The molecule has 0 saturated carbocycles. The zero-order valence-electron chi connectivity index (χ0n) is 10.2. The van der Waals surface area contributed by atoms with Crippen molar-refractivity contribution in [2.45, 2.75) is 12.2 Å². The molecule has 4 N–H and O–H groups in total. The Morgan fingerprint density at radius 1 is 0.917 bits per heavy atom. The summed E-state index contributed by atoms with van der Waals surface area (Å²) in [4.78, 5) is 19.5. The van der Waals surface area contributed by atoms with Crippen LogP contribution in [-0.2, 0) is 9.59 Å². The average Bonchev–Trinajstić information content (AvgIpc) is 1.84. The van der Waals surface area contributed by atoms with Gasteiger partial charge in [0.1, 0.15) is 0 Å². The second-order valence-corrected chi connectivity index (χ2v) is 1.57. The standard InChI is InChI=1S/C4H6O6.2Ca.4H/c5-1(3(7)8)2(6)4(9)10;;;;;;/h1-2,5-6H,(H,7,8)(H,9,10);;;;;;/q;2*+2;4*-1. The third-order valence-corrected chi connectivity index (χ3v) is 0.805. The molecule has 0 rings (SSSR count). The number of carboxylic acids is 2. The van der Waals surface area contributed by atoms with Crippen molar-refractivity contribution in [1.29, 1.82) is 0 Å². The van der Waals surface area contributed by atoms with Crippen LogP contribution in [0.3, 0.4) is 0 Å². The largest absolute Gasteiger partial charge is 2.00 e. The molecule has 2 unspecified atom stereocenters. The van der Waals surface area contributed by atoms with Gasteiger partial charge in [-0.05, 0) is 0 Å². The molecule has 0 heterocycles. The quantitative estimate of drug-likeness (QED) is 0.403. The average molecular weight is 234 g/mol. The van der Waals surface area contributed by atoms with Gasteiger partial charge < -0.3 is 26.1 Å². The molecule has 0 aromatic carbocycles. The Balaban J connectivity index is -0.0000000270. The van der Waals surface area contributed by atoms with Crippen molar-refractivity contribution in [2.24, 2.45) is 0 Å². The minimum Gasteiger partial charge on any atom is -1.00 e. The zero-order valence-corrected chi connectivity index (χ0v) is 10.6. The maximum atomic E-state index is 9.77. The first-order chi connectivity index (χ1) is 4.46. The molecule has 0 aromatic rings. The number of carboxylic acid groups (broad SMARTS) is 2. The van der Waals surface area contributed by atoms with Crippen LogP contribution in [0, 0.1) is 0 Å². The number of hydrogen-bond acceptors (Lipinski definition) is 4. The molecule has 0 bridgehead atoms. The Morgan fingerprint density at radius 3 is 1.17 bits per heavy atom. The Labute approximate surface area is 134 Å². The number of aliphatic carboxylic acids is 2. The van der Waals surface area contributed by atoms with E-state index in [9.17, 15) is 9.59 Å². The molecule has 12 heavy (non-hydrogen) atoms. The van der Waals surface area contributed by atoms with Crippen molar-refractivity contribution >= 4 is 87.4 Å². The summed E-state index contributed by atoms with van der Waals surface area (Å²) < 4.78 is 0. The summed E-state index contributed by atoms with van der Waals surface area (Å²) in [6.07, 6.45) is -4.53. The van der Waals surface area contributed by atoms with Crippen molar-refractivity contribution in [2.75, 3.05) is 0 Å². The second kappa shape index (κ2) is 8.96.